The Balaban J connectivity index is 0.000000148. The molecule has 8 aliphatic rings. The molecule has 0 unspecified atom stereocenters. The van der Waals surface area contributed by atoms with Crippen molar-refractivity contribution >= 4 is 29.5 Å². The van der Waals surface area contributed by atoms with Gasteiger partial charge in [0.05, 0.1) is 45.9 Å². The minimum absolute atomic E-state index is 0.0469. The maximum atomic E-state index is 14.0. The third-order valence-electron chi connectivity index (χ3n) is 25.7. The predicted molar refractivity (Wildman–Crippen MR) is 433 cm³/mol. The quantitative estimate of drug-likeness (QED) is 0.0703. The van der Waals surface area contributed by atoms with Gasteiger partial charge in [0.1, 0.15) is 23.3 Å². The zero-order valence-corrected chi connectivity index (χ0v) is 72.0. The fourth-order valence-corrected chi connectivity index (χ4v) is 19.1. The summed E-state index contributed by atoms with van der Waals surface area (Å²) in [6, 6.07) is 5.48. The summed E-state index contributed by atoms with van der Waals surface area (Å²) in [5.41, 5.74) is 1.04. The first-order chi connectivity index (χ1) is 61.5. The highest BCUT2D eigenvalue weighted by atomic mass is 19.4. The van der Waals surface area contributed by atoms with Crippen molar-refractivity contribution in [1.82, 2.24) is 80.0 Å². The van der Waals surface area contributed by atoms with E-state index in [1.54, 1.807) is 19.6 Å². The molecule has 4 fully saturated rings. The smallest absolute Gasteiger partial charge is 0.337 e. The number of aromatic amines is 4. The number of aromatic nitrogens is 8. The van der Waals surface area contributed by atoms with E-state index in [4.69, 9.17) is 0 Å². The van der Waals surface area contributed by atoms with Gasteiger partial charge in [-0.15, -0.1) is 0 Å². The van der Waals surface area contributed by atoms with Crippen LogP contribution in [0.3, 0.4) is 0 Å². The Hall–Kier alpha value is -10.5. The molecule has 0 bridgehead atoms. The molecule has 4 aromatic heterocycles. The first-order valence-corrected chi connectivity index (χ1v) is 43.6. The van der Waals surface area contributed by atoms with E-state index in [2.05, 4.69) is 76.3 Å². The van der Waals surface area contributed by atoms with Gasteiger partial charge >= 0.3 is 24.7 Å². The zero-order valence-electron chi connectivity index (χ0n) is 72.0. The monoisotopic (exact) mass is 1850 g/mol. The van der Waals surface area contributed by atoms with Gasteiger partial charge in [0.15, 0.2) is 46.0 Å². The van der Waals surface area contributed by atoms with Crippen LogP contribution in [0.2, 0.25) is 0 Å². The Kier molecular flexibility index (Phi) is 30.1. The maximum Gasteiger partial charge on any atom is 0.419 e. The number of likely N-dealkylation sites (tertiary alicyclic amines) is 4. The van der Waals surface area contributed by atoms with Crippen molar-refractivity contribution in [2.75, 3.05) is 98.2 Å². The van der Waals surface area contributed by atoms with Crippen LogP contribution in [0.25, 0.3) is 0 Å². The fourth-order valence-electron chi connectivity index (χ4n) is 19.1. The predicted octanol–water partition coefficient (Wildman–Crippen LogP) is 17.8. The van der Waals surface area contributed by atoms with Crippen molar-refractivity contribution in [3.63, 3.8) is 0 Å². The molecule has 41 heteroatoms. The van der Waals surface area contributed by atoms with E-state index in [0.29, 0.717) is 87.2 Å². The van der Waals surface area contributed by atoms with E-state index in [9.17, 15) is 112 Å². The summed E-state index contributed by atoms with van der Waals surface area (Å²) < 4.78 is 271. The Morgan fingerprint density at radius 1 is 0.354 bits per heavy atom. The Bertz CT molecular complexity index is 5390. The topological polar surface area (TPSA) is 226 Å². The van der Waals surface area contributed by atoms with Gasteiger partial charge in [-0.05, 0) is 179 Å². The van der Waals surface area contributed by atoms with Crippen molar-refractivity contribution in [2.24, 2.45) is 5.92 Å². The van der Waals surface area contributed by atoms with E-state index in [0.717, 1.165) is 128 Å². The molecule has 8 aliphatic heterocycles. The van der Waals surface area contributed by atoms with Crippen LogP contribution < -0.4 is 0 Å². The lowest BCUT2D eigenvalue weighted by Gasteiger charge is -2.33. The second-order valence-electron chi connectivity index (χ2n) is 34.6. The lowest BCUT2D eigenvalue weighted by Crippen LogP contribution is -2.40. The van der Waals surface area contributed by atoms with Crippen molar-refractivity contribution in [3.8, 4) is 0 Å². The molecule has 5 amide bonds. The van der Waals surface area contributed by atoms with Crippen molar-refractivity contribution in [3.05, 3.63) is 207 Å². The van der Waals surface area contributed by atoms with Gasteiger partial charge in [-0.2, -0.15) is 73.1 Å². The Morgan fingerprint density at radius 3 is 1.02 bits per heavy atom. The van der Waals surface area contributed by atoms with Gasteiger partial charge in [-0.3, -0.25) is 59.1 Å². The van der Waals surface area contributed by atoms with E-state index in [1.807, 2.05) is 13.8 Å². The van der Waals surface area contributed by atoms with Crippen LogP contribution in [-0.4, -0.2) is 208 Å². The molecule has 4 saturated heterocycles. The molecule has 8 aromatic rings. The number of nitrogens with one attached hydrogen (secondary N) is 4. The van der Waals surface area contributed by atoms with Crippen LogP contribution in [0.1, 0.15) is 260 Å². The Labute approximate surface area is 735 Å². The third kappa shape index (κ3) is 21.7. The van der Waals surface area contributed by atoms with Crippen molar-refractivity contribution in [1.29, 1.82) is 0 Å². The number of hydrogen-bond donors (Lipinski definition) is 4. The highest BCUT2D eigenvalue weighted by molar-refractivity contribution is 5.96. The van der Waals surface area contributed by atoms with Gasteiger partial charge in [-0.1, -0.05) is 46.8 Å². The van der Waals surface area contributed by atoms with Gasteiger partial charge in [0, 0.05) is 151 Å². The molecule has 0 radical (unpaired) electrons. The number of piperidine rings is 4. The fraction of sp³-hybridized carbons (Fsp3) is 0.539. The number of nitrogens with zero attached hydrogens (tertiary/aromatic N) is 12. The third-order valence-corrected chi connectivity index (χ3v) is 25.7. The van der Waals surface area contributed by atoms with Gasteiger partial charge < -0.3 is 24.5 Å². The summed E-state index contributed by atoms with van der Waals surface area (Å²) in [6.07, 6.45) is -13.1. The van der Waals surface area contributed by atoms with Crippen molar-refractivity contribution < 1.29 is 112 Å². The number of halogens is 20. The number of alkyl halides is 12. The first-order valence-electron chi connectivity index (χ1n) is 43.6. The standard InChI is InChI=1S/C24H27F5N4O2.2C22H25F5N4O.C21H23F5N4O/c1-13(2)11-19(34)33-10-7-16-18(12-33)30-31-22(16)23(35)32-8-5-14(6-9-32)15-3-4-17(25)21(26)20(15)24(27,28)29;1-2-6-30-7-5-18-16(12-30)20(29-28-18)21(32)31-8-3-13(4-9-31)15-10-14(23)11-17(24)19(15)22(25,26)27;1-2-8-30-9-7-15-17(12-30)28-29-20(15)21(32)31-10-5-13(6-11-31)14-3-4-16(23)19(24)18(14)22(25,26)27;1-2-29-6-5-14-17(11-29)27-28-19(14)20(31)30-7-3-12(4-8-30)15-9-13(22)10-16(23)18(15)21(24,25)26/h3-4,13-14H,5-12H2,1-2H3,(H,30,31);10-11,13H,2-9,12H2,1H3,(H,28,29);3-4,13H,2,5-12H2,1H3,(H,28,29);9-10,12H,2-8,11H2,1H3,(H,27,28). The van der Waals surface area contributed by atoms with Crippen LogP contribution in [-0.2, 0) is 81.4 Å². The summed E-state index contributed by atoms with van der Waals surface area (Å²) in [5, 5.41) is 28.5. The van der Waals surface area contributed by atoms with E-state index >= 15 is 0 Å². The molecule has 706 valence electrons. The molecular weight excluding hydrogens is 1750 g/mol. The molecular formula is C89H100F20N16O5. The second-order valence-corrected chi connectivity index (χ2v) is 34.6. The molecule has 0 aliphatic carbocycles. The molecule has 12 heterocycles. The lowest BCUT2D eigenvalue weighted by molar-refractivity contribution is -0.142. The number of carbonyl (C=O) groups excluding carboxylic acids is 5. The van der Waals surface area contributed by atoms with Gasteiger partial charge in [0.25, 0.3) is 23.6 Å². The number of hydrogen-bond acceptors (Lipinski definition) is 12. The number of rotatable bonds is 15. The first kappa shape index (κ1) is 97.1. The highest BCUT2D eigenvalue weighted by Crippen LogP contribution is 2.47. The molecule has 130 heavy (non-hydrogen) atoms. The van der Waals surface area contributed by atoms with Gasteiger partial charge in [-0.25, -0.2) is 35.1 Å². The highest BCUT2D eigenvalue weighted by Gasteiger charge is 2.47. The Morgan fingerprint density at radius 2 is 0.669 bits per heavy atom. The summed E-state index contributed by atoms with van der Waals surface area (Å²) in [6.45, 7) is 20.0. The number of likely N-dealkylation sites (N-methyl/N-ethyl adjacent to an activating group) is 1. The molecule has 0 saturated carbocycles. The summed E-state index contributed by atoms with van der Waals surface area (Å²) in [7, 11) is 0. The number of amides is 5. The van der Waals surface area contributed by atoms with Crippen LogP contribution in [0, 0.1) is 52.5 Å². The van der Waals surface area contributed by atoms with Crippen LogP contribution in [0.15, 0.2) is 48.5 Å². The van der Waals surface area contributed by atoms with Crippen LogP contribution >= 0.6 is 0 Å². The molecule has 0 atom stereocenters. The number of benzene rings is 4. The largest absolute Gasteiger partial charge is 0.419 e. The van der Waals surface area contributed by atoms with Crippen molar-refractivity contribution in [2.45, 2.75) is 205 Å². The maximum absolute atomic E-state index is 14.0. The number of carbonyl (C=O) groups is 5. The SMILES string of the molecule is CC(C)CC(=O)N1CCc2c(C(=O)N3CCC(c4ccc(F)c(F)c4C(F)(F)F)CC3)n[nH]c2C1.CCCN1CCc2[nH]nc(C(=O)N3CCC(c4cc(F)cc(F)c4C(F)(F)F)CC3)c2C1.CCCN1CCc2c(C(=O)N3CCC(c4ccc(F)c(F)c4C(F)(F)F)CC3)n[nH]c2C1.CCN1CCc2c(C(=O)N3CCC(c4cc(F)cc(F)c4C(F)(F)F)CC3)n[nH]c2C1. The minimum Gasteiger partial charge on any atom is -0.337 e. The van der Waals surface area contributed by atoms with E-state index < -0.39 is 117 Å². The van der Waals surface area contributed by atoms with Gasteiger partial charge in [0.2, 0.25) is 5.91 Å². The summed E-state index contributed by atoms with van der Waals surface area (Å²) >= 11 is 0. The average molecular weight is 1850 g/mol. The summed E-state index contributed by atoms with van der Waals surface area (Å²) in [5.74, 6) is -15.5. The molecule has 21 nitrogen and oxygen atoms in total. The average Bonchev–Trinajstić information content (AvgIpc) is 1.14. The summed E-state index contributed by atoms with van der Waals surface area (Å²) in [4.78, 5) is 79.4. The minimum atomic E-state index is -5.02. The van der Waals surface area contributed by atoms with E-state index in [1.165, 1.54) is 4.90 Å². The van der Waals surface area contributed by atoms with E-state index in [-0.39, 0.29) is 179 Å². The lowest BCUT2D eigenvalue weighted by atomic mass is 9.85. The second kappa shape index (κ2) is 40.3. The molecule has 0 spiro atoms. The molecule has 4 aromatic carbocycles. The molecule has 4 N–H and O–H groups in total. The zero-order chi connectivity index (χ0) is 93.9. The number of H-pyrrole nitrogens is 4. The molecule has 16 rings (SSSR count). The normalized spacial score (nSPS) is 17.9. The van der Waals surface area contributed by atoms with Crippen LogP contribution in [0.4, 0.5) is 87.8 Å². The van der Waals surface area contributed by atoms with Crippen LogP contribution in [0.5, 0.6) is 0 Å². The number of fused-ring (bicyclic) bond motifs is 4.